The summed E-state index contributed by atoms with van der Waals surface area (Å²) in [5.74, 6) is -0.0820. The van der Waals surface area contributed by atoms with Crippen LogP contribution in [-0.4, -0.2) is 44.8 Å². The fourth-order valence-corrected chi connectivity index (χ4v) is 3.17. The van der Waals surface area contributed by atoms with Gasteiger partial charge in [0.15, 0.2) is 0 Å². The Labute approximate surface area is 136 Å². The molecule has 2 N–H and O–H groups in total. The van der Waals surface area contributed by atoms with Crippen molar-refractivity contribution in [2.45, 2.75) is 45.3 Å². The number of hydrogen-bond acceptors (Lipinski definition) is 3. The zero-order valence-corrected chi connectivity index (χ0v) is 13.6. The SMILES string of the molecule is Cc1ccc(-c2cc(C(=O)N3CCCCC3C(C)O)[nH]n2)cc1. The highest BCUT2D eigenvalue weighted by molar-refractivity contribution is 5.93. The molecule has 0 spiro atoms. The zero-order valence-electron chi connectivity index (χ0n) is 13.6. The third-order valence-corrected chi connectivity index (χ3v) is 4.52. The minimum atomic E-state index is -0.515. The summed E-state index contributed by atoms with van der Waals surface area (Å²) in [6.45, 7) is 4.48. The summed E-state index contributed by atoms with van der Waals surface area (Å²) in [5.41, 5.74) is 3.41. The molecule has 2 atom stereocenters. The number of likely N-dealkylation sites (tertiary alicyclic amines) is 1. The van der Waals surface area contributed by atoms with Crippen LogP contribution in [-0.2, 0) is 0 Å². The molecular weight excluding hydrogens is 290 g/mol. The number of aliphatic hydroxyl groups is 1. The van der Waals surface area contributed by atoms with E-state index in [1.807, 2.05) is 31.2 Å². The van der Waals surface area contributed by atoms with E-state index in [2.05, 4.69) is 10.2 Å². The minimum Gasteiger partial charge on any atom is -0.391 e. The Hall–Kier alpha value is -2.14. The number of rotatable bonds is 3. The van der Waals surface area contributed by atoms with Crippen LogP contribution >= 0.6 is 0 Å². The molecule has 23 heavy (non-hydrogen) atoms. The highest BCUT2D eigenvalue weighted by Crippen LogP contribution is 2.23. The van der Waals surface area contributed by atoms with Gasteiger partial charge in [0.2, 0.25) is 0 Å². The number of benzene rings is 1. The number of aliphatic hydroxyl groups excluding tert-OH is 1. The van der Waals surface area contributed by atoms with Crippen LogP contribution in [0.2, 0.25) is 0 Å². The maximum absolute atomic E-state index is 12.8. The number of aromatic nitrogens is 2. The number of piperidine rings is 1. The van der Waals surface area contributed by atoms with Gasteiger partial charge in [0.05, 0.1) is 17.8 Å². The second kappa shape index (κ2) is 6.54. The lowest BCUT2D eigenvalue weighted by molar-refractivity contribution is 0.0276. The molecule has 1 aliphatic rings. The second-order valence-corrected chi connectivity index (χ2v) is 6.34. The predicted octanol–water partition coefficient (Wildman–Crippen LogP) is 2.76. The Bertz CT molecular complexity index is 676. The van der Waals surface area contributed by atoms with Crippen LogP contribution in [0.4, 0.5) is 0 Å². The first kappa shape index (κ1) is 15.7. The van der Waals surface area contributed by atoms with Crippen LogP contribution in [0, 0.1) is 6.92 Å². The molecule has 1 fully saturated rings. The number of hydrogen-bond donors (Lipinski definition) is 2. The number of H-pyrrole nitrogens is 1. The van der Waals surface area contributed by atoms with Gasteiger partial charge >= 0.3 is 0 Å². The van der Waals surface area contributed by atoms with E-state index in [0.29, 0.717) is 12.2 Å². The molecule has 1 saturated heterocycles. The van der Waals surface area contributed by atoms with Gasteiger partial charge in [-0.05, 0) is 39.2 Å². The summed E-state index contributed by atoms with van der Waals surface area (Å²) in [7, 11) is 0. The molecule has 1 amide bonds. The fourth-order valence-electron chi connectivity index (χ4n) is 3.17. The largest absolute Gasteiger partial charge is 0.391 e. The van der Waals surface area contributed by atoms with Crippen molar-refractivity contribution >= 4 is 5.91 Å². The van der Waals surface area contributed by atoms with E-state index >= 15 is 0 Å². The highest BCUT2D eigenvalue weighted by atomic mass is 16.3. The van der Waals surface area contributed by atoms with E-state index < -0.39 is 6.10 Å². The van der Waals surface area contributed by atoms with Crippen molar-refractivity contribution in [3.05, 3.63) is 41.6 Å². The Morgan fingerprint density at radius 2 is 2.09 bits per heavy atom. The molecule has 1 aromatic carbocycles. The molecule has 5 heteroatoms. The molecule has 122 valence electrons. The minimum absolute atomic E-state index is 0.0820. The summed E-state index contributed by atoms with van der Waals surface area (Å²) < 4.78 is 0. The van der Waals surface area contributed by atoms with E-state index in [1.54, 1.807) is 17.9 Å². The summed E-state index contributed by atoms with van der Waals surface area (Å²) in [6, 6.07) is 9.74. The van der Waals surface area contributed by atoms with Gasteiger partial charge in [0.1, 0.15) is 5.69 Å². The Kier molecular flexibility index (Phi) is 4.48. The topological polar surface area (TPSA) is 69.2 Å². The van der Waals surface area contributed by atoms with Crippen LogP contribution in [0.5, 0.6) is 0 Å². The number of aromatic amines is 1. The number of nitrogens with one attached hydrogen (secondary N) is 1. The Balaban J connectivity index is 1.81. The number of carbonyl (C=O) groups excluding carboxylic acids is 1. The monoisotopic (exact) mass is 313 g/mol. The number of amides is 1. The van der Waals surface area contributed by atoms with Crippen LogP contribution in [0.3, 0.4) is 0 Å². The molecule has 3 rings (SSSR count). The van der Waals surface area contributed by atoms with Crippen molar-refractivity contribution in [3.63, 3.8) is 0 Å². The lowest BCUT2D eigenvalue weighted by Crippen LogP contribution is -2.49. The summed E-state index contributed by atoms with van der Waals surface area (Å²) in [6.07, 6.45) is 2.37. The molecule has 1 aliphatic heterocycles. The lowest BCUT2D eigenvalue weighted by atomic mass is 9.97. The summed E-state index contributed by atoms with van der Waals surface area (Å²) in [4.78, 5) is 14.5. The Morgan fingerprint density at radius 3 is 2.78 bits per heavy atom. The normalized spacial score (nSPS) is 19.6. The third kappa shape index (κ3) is 3.29. The molecular formula is C18H23N3O2. The fraction of sp³-hybridized carbons (Fsp3) is 0.444. The maximum atomic E-state index is 12.8. The quantitative estimate of drug-likeness (QED) is 0.915. The van der Waals surface area contributed by atoms with E-state index in [0.717, 1.165) is 30.5 Å². The van der Waals surface area contributed by atoms with Gasteiger partial charge in [-0.2, -0.15) is 5.10 Å². The maximum Gasteiger partial charge on any atom is 0.272 e. The second-order valence-electron chi connectivity index (χ2n) is 6.34. The van der Waals surface area contributed by atoms with E-state index in [9.17, 15) is 9.90 Å². The molecule has 0 saturated carbocycles. The van der Waals surface area contributed by atoms with Crippen LogP contribution in [0.1, 0.15) is 42.2 Å². The molecule has 1 aromatic heterocycles. The average molecular weight is 313 g/mol. The summed E-state index contributed by atoms with van der Waals surface area (Å²) in [5, 5.41) is 17.1. The first-order valence-electron chi connectivity index (χ1n) is 8.18. The first-order valence-corrected chi connectivity index (χ1v) is 8.18. The molecule has 0 bridgehead atoms. The van der Waals surface area contributed by atoms with Crippen molar-refractivity contribution in [2.75, 3.05) is 6.54 Å². The molecule has 2 aromatic rings. The molecule has 2 heterocycles. The van der Waals surface area contributed by atoms with Gasteiger partial charge in [0.25, 0.3) is 5.91 Å². The van der Waals surface area contributed by atoms with Gasteiger partial charge in [-0.1, -0.05) is 29.8 Å². The van der Waals surface area contributed by atoms with Crippen molar-refractivity contribution in [1.82, 2.24) is 15.1 Å². The zero-order chi connectivity index (χ0) is 16.4. The highest BCUT2D eigenvalue weighted by Gasteiger charge is 2.31. The average Bonchev–Trinajstić information content (AvgIpc) is 3.04. The molecule has 2 unspecified atom stereocenters. The van der Waals surface area contributed by atoms with E-state index in [4.69, 9.17) is 0 Å². The van der Waals surface area contributed by atoms with Crippen molar-refractivity contribution < 1.29 is 9.90 Å². The first-order chi connectivity index (χ1) is 11.1. The standard InChI is InChI=1S/C18H23N3O2/c1-12-6-8-14(9-7-12)15-11-16(20-19-15)18(23)21-10-4-3-5-17(21)13(2)22/h6-9,11,13,17,22H,3-5,10H2,1-2H3,(H,19,20). The van der Waals surface area contributed by atoms with Gasteiger partial charge in [-0.25, -0.2) is 0 Å². The van der Waals surface area contributed by atoms with Gasteiger partial charge in [-0.15, -0.1) is 0 Å². The third-order valence-electron chi connectivity index (χ3n) is 4.52. The van der Waals surface area contributed by atoms with Crippen LogP contribution in [0.25, 0.3) is 11.3 Å². The van der Waals surface area contributed by atoms with Crippen molar-refractivity contribution in [1.29, 1.82) is 0 Å². The Morgan fingerprint density at radius 1 is 1.35 bits per heavy atom. The van der Waals surface area contributed by atoms with Gasteiger partial charge in [-0.3, -0.25) is 9.89 Å². The van der Waals surface area contributed by atoms with Crippen LogP contribution in [0.15, 0.2) is 30.3 Å². The summed E-state index contributed by atoms with van der Waals surface area (Å²) >= 11 is 0. The smallest absolute Gasteiger partial charge is 0.272 e. The number of carbonyl (C=O) groups is 1. The van der Waals surface area contributed by atoms with Crippen molar-refractivity contribution in [2.24, 2.45) is 0 Å². The lowest BCUT2D eigenvalue weighted by Gasteiger charge is -2.37. The number of aryl methyl sites for hydroxylation is 1. The predicted molar refractivity (Wildman–Crippen MR) is 89.1 cm³/mol. The molecule has 5 nitrogen and oxygen atoms in total. The molecule has 0 aliphatic carbocycles. The van der Waals surface area contributed by atoms with Crippen molar-refractivity contribution in [3.8, 4) is 11.3 Å². The molecule has 0 radical (unpaired) electrons. The van der Waals surface area contributed by atoms with Gasteiger partial charge < -0.3 is 10.0 Å². The van der Waals surface area contributed by atoms with Crippen LogP contribution < -0.4 is 0 Å². The van der Waals surface area contributed by atoms with E-state index in [1.165, 1.54) is 5.56 Å². The van der Waals surface area contributed by atoms with Gasteiger partial charge in [0, 0.05) is 12.1 Å². The van der Waals surface area contributed by atoms with E-state index in [-0.39, 0.29) is 11.9 Å². The number of nitrogens with zero attached hydrogens (tertiary/aromatic N) is 2.